The Bertz CT molecular complexity index is 1100. The molecule has 1 N–H and O–H groups in total. The normalized spacial score (nSPS) is 11.9. The fourth-order valence-corrected chi connectivity index (χ4v) is 3.37. The van der Waals surface area contributed by atoms with E-state index in [1.807, 2.05) is 25.1 Å². The minimum absolute atomic E-state index is 0.241. The molecule has 9 heteroatoms. The van der Waals surface area contributed by atoms with E-state index < -0.39 is 24.5 Å². The van der Waals surface area contributed by atoms with Crippen LogP contribution in [-0.4, -0.2) is 38.7 Å². The van der Waals surface area contributed by atoms with Gasteiger partial charge in [0.2, 0.25) is 5.82 Å². The van der Waals surface area contributed by atoms with Gasteiger partial charge in [0.1, 0.15) is 0 Å². The first-order valence-corrected chi connectivity index (χ1v) is 10.8. The van der Waals surface area contributed by atoms with Crippen LogP contribution in [0.15, 0.2) is 42.5 Å². The quantitative estimate of drug-likeness (QED) is 0.500. The molecule has 1 amide bonds. The number of para-hydroxylation sites is 1. The second-order valence-electron chi connectivity index (χ2n) is 7.71. The van der Waals surface area contributed by atoms with Gasteiger partial charge in [-0.2, -0.15) is 0 Å². The number of amides is 1. The summed E-state index contributed by atoms with van der Waals surface area (Å²) in [5, 5.41) is 15.7. The number of esters is 1. The highest BCUT2D eigenvalue weighted by molar-refractivity contribution is 6.30. The first-order valence-electron chi connectivity index (χ1n) is 10.4. The fourth-order valence-electron chi connectivity index (χ4n) is 3.25. The number of anilines is 1. The number of nitrogens with one attached hydrogen (secondary N) is 1. The number of hydrogen-bond donors (Lipinski definition) is 1. The molecule has 0 aliphatic carbocycles. The number of halogens is 1. The monoisotopic (exact) mass is 455 g/mol. The highest BCUT2D eigenvalue weighted by Gasteiger charge is 2.24. The summed E-state index contributed by atoms with van der Waals surface area (Å²) in [6.07, 6.45) is 0.381. The number of benzene rings is 2. The number of carbonyl (C=O) groups excluding carboxylic acids is 2. The zero-order valence-corrected chi connectivity index (χ0v) is 19.3. The van der Waals surface area contributed by atoms with Crippen LogP contribution in [-0.2, 0) is 14.3 Å². The summed E-state index contributed by atoms with van der Waals surface area (Å²) in [7, 11) is 0. The molecule has 3 aromatic rings. The molecule has 0 radical (unpaired) electrons. The molecule has 3 rings (SSSR count). The van der Waals surface area contributed by atoms with Gasteiger partial charge in [-0.3, -0.25) is 4.79 Å². The zero-order valence-electron chi connectivity index (χ0n) is 18.5. The minimum atomic E-state index is -0.791. The molecule has 8 nitrogen and oxygen atoms in total. The van der Waals surface area contributed by atoms with E-state index >= 15 is 0 Å². The van der Waals surface area contributed by atoms with Gasteiger partial charge in [0, 0.05) is 16.3 Å². The topological polar surface area (TPSA) is 99.0 Å². The molecule has 0 saturated carbocycles. The summed E-state index contributed by atoms with van der Waals surface area (Å²) in [4.78, 5) is 26.3. The van der Waals surface area contributed by atoms with Crippen molar-refractivity contribution in [3.05, 3.63) is 58.6 Å². The van der Waals surface area contributed by atoms with Gasteiger partial charge in [0.15, 0.2) is 12.6 Å². The van der Waals surface area contributed by atoms with E-state index in [9.17, 15) is 9.59 Å². The molecule has 0 aliphatic heterocycles. The van der Waals surface area contributed by atoms with Gasteiger partial charge in [-0.15, -0.1) is 15.0 Å². The lowest BCUT2D eigenvalue weighted by Gasteiger charge is -2.17. The molecule has 1 aromatic heterocycles. The first-order chi connectivity index (χ1) is 15.3. The van der Waals surface area contributed by atoms with Crippen molar-refractivity contribution in [1.29, 1.82) is 0 Å². The lowest BCUT2D eigenvalue weighted by molar-refractivity contribution is -0.151. The highest BCUT2D eigenvalue weighted by atomic mass is 35.5. The number of tetrazole rings is 1. The number of nitrogens with zero attached hydrogens (tertiary/aromatic N) is 4. The van der Waals surface area contributed by atoms with Crippen molar-refractivity contribution in [3.8, 4) is 11.4 Å². The standard InChI is InChI=1S/C23H26ClN5O3/c1-5-19(29-27-22(26-28-29)16-9-11-17(24)12-10-16)23(31)32-13-20(30)25-21-15(4)7-6-8-18(21)14(2)3/h6-12,14,19H,5,13H2,1-4H3,(H,25,30). The minimum Gasteiger partial charge on any atom is -0.454 e. The molecule has 1 atom stereocenters. The smallest absolute Gasteiger partial charge is 0.333 e. The van der Waals surface area contributed by atoms with Crippen LogP contribution in [0, 0.1) is 6.92 Å². The second kappa shape index (κ2) is 10.4. The number of aryl methyl sites for hydroxylation is 1. The van der Waals surface area contributed by atoms with Gasteiger partial charge in [-0.1, -0.05) is 50.6 Å². The predicted molar refractivity (Wildman–Crippen MR) is 122 cm³/mol. The van der Waals surface area contributed by atoms with Crippen LogP contribution >= 0.6 is 11.6 Å². The molecule has 0 spiro atoms. The van der Waals surface area contributed by atoms with E-state index in [0.717, 1.165) is 22.4 Å². The molecule has 1 unspecified atom stereocenters. The van der Waals surface area contributed by atoms with E-state index in [1.54, 1.807) is 31.2 Å². The summed E-state index contributed by atoms with van der Waals surface area (Å²) in [6, 6.07) is 12.0. The molecule has 0 fully saturated rings. The van der Waals surface area contributed by atoms with Crippen molar-refractivity contribution in [2.24, 2.45) is 0 Å². The Balaban J connectivity index is 1.64. The largest absolute Gasteiger partial charge is 0.454 e. The van der Waals surface area contributed by atoms with Crippen LogP contribution in [0.2, 0.25) is 5.02 Å². The second-order valence-corrected chi connectivity index (χ2v) is 8.15. The SMILES string of the molecule is CCC(C(=O)OCC(=O)Nc1c(C)cccc1C(C)C)n1nnc(-c2ccc(Cl)cc2)n1. The van der Waals surface area contributed by atoms with Crippen LogP contribution in [0.4, 0.5) is 5.69 Å². The van der Waals surface area contributed by atoms with Gasteiger partial charge in [0.05, 0.1) is 0 Å². The van der Waals surface area contributed by atoms with Gasteiger partial charge in [0.25, 0.3) is 5.91 Å². The Kier molecular flexibility index (Phi) is 7.58. The zero-order chi connectivity index (χ0) is 23.3. The maximum atomic E-state index is 12.6. The Morgan fingerprint density at radius 2 is 1.88 bits per heavy atom. The lowest BCUT2D eigenvalue weighted by Crippen LogP contribution is -2.28. The number of aromatic nitrogens is 4. The van der Waals surface area contributed by atoms with Gasteiger partial charge in [-0.05, 0) is 59.9 Å². The Morgan fingerprint density at radius 3 is 2.53 bits per heavy atom. The Morgan fingerprint density at radius 1 is 1.16 bits per heavy atom. The summed E-state index contributed by atoms with van der Waals surface area (Å²) >= 11 is 5.91. The van der Waals surface area contributed by atoms with Crippen molar-refractivity contribution in [2.75, 3.05) is 11.9 Å². The average molecular weight is 456 g/mol. The molecule has 0 bridgehead atoms. The number of carbonyl (C=O) groups is 2. The molecule has 1 heterocycles. The third kappa shape index (κ3) is 5.50. The molecule has 168 valence electrons. The average Bonchev–Trinajstić information content (AvgIpc) is 3.24. The highest BCUT2D eigenvalue weighted by Crippen LogP contribution is 2.27. The van der Waals surface area contributed by atoms with Crippen LogP contribution in [0.3, 0.4) is 0 Å². The van der Waals surface area contributed by atoms with Crippen LogP contribution in [0.5, 0.6) is 0 Å². The van der Waals surface area contributed by atoms with Crippen molar-refractivity contribution in [2.45, 2.75) is 46.1 Å². The summed E-state index contributed by atoms with van der Waals surface area (Å²) < 4.78 is 5.26. The Hall–Kier alpha value is -3.26. The molecule has 32 heavy (non-hydrogen) atoms. The van der Waals surface area contributed by atoms with E-state index in [-0.39, 0.29) is 5.92 Å². The third-order valence-electron chi connectivity index (χ3n) is 5.01. The van der Waals surface area contributed by atoms with E-state index in [0.29, 0.717) is 17.3 Å². The summed E-state index contributed by atoms with van der Waals surface area (Å²) in [5.74, 6) is -0.397. The van der Waals surface area contributed by atoms with E-state index in [4.69, 9.17) is 16.3 Å². The lowest BCUT2D eigenvalue weighted by atomic mass is 9.98. The number of hydrogen-bond acceptors (Lipinski definition) is 6. The van der Waals surface area contributed by atoms with Crippen LogP contribution in [0.25, 0.3) is 11.4 Å². The van der Waals surface area contributed by atoms with Crippen molar-refractivity contribution < 1.29 is 14.3 Å². The fraction of sp³-hybridized carbons (Fsp3) is 0.348. The Labute approximate surface area is 191 Å². The van der Waals surface area contributed by atoms with Crippen molar-refractivity contribution in [1.82, 2.24) is 20.2 Å². The molecule has 0 saturated heterocycles. The van der Waals surface area contributed by atoms with Crippen molar-refractivity contribution in [3.63, 3.8) is 0 Å². The number of rotatable bonds is 8. The molecular formula is C23H26ClN5O3. The predicted octanol–water partition coefficient (Wildman–Crippen LogP) is 4.56. The molecular weight excluding hydrogens is 430 g/mol. The summed E-state index contributed by atoms with van der Waals surface area (Å²) in [6.45, 7) is 7.44. The maximum Gasteiger partial charge on any atom is 0.333 e. The van der Waals surface area contributed by atoms with E-state index in [1.165, 1.54) is 4.80 Å². The molecule has 2 aromatic carbocycles. The van der Waals surface area contributed by atoms with Crippen LogP contribution < -0.4 is 5.32 Å². The van der Waals surface area contributed by atoms with Gasteiger partial charge in [-0.25, -0.2) is 4.79 Å². The first kappa shape index (κ1) is 23.4. The molecule has 0 aliphatic rings. The van der Waals surface area contributed by atoms with Crippen molar-refractivity contribution >= 4 is 29.2 Å². The number of ether oxygens (including phenoxy) is 1. The maximum absolute atomic E-state index is 12.6. The third-order valence-corrected chi connectivity index (χ3v) is 5.26. The van der Waals surface area contributed by atoms with Gasteiger partial charge < -0.3 is 10.1 Å². The van der Waals surface area contributed by atoms with Gasteiger partial charge >= 0.3 is 5.97 Å². The summed E-state index contributed by atoms with van der Waals surface area (Å²) in [5.41, 5.74) is 3.45. The van der Waals surface area contributed by atoms with Crippen LogP contribution in [0.1, 0.15) is 50.3 Å². The van der Waals surface area contributed by atoms with E-state index in [2.05, 4.69) is 34.6 Å².